The van der Waals surface area contributed by atoms with E-state index in [-0.39, 0.29) is 24.4 Å². The summed E-state index contributed by atoms with van der Waals surface area (Å²) in [6, 6.07) is 23.8. The summed E-state index contributed by atoms with van der Waals surface area (Å²) in [6.45, 7) is 0.162. The lowest BCUT2D eigenvalue weighted by atomic mass is 9.84. The van der Waals surface area contributed by atoms with E-state index in [2.05, 4.69) is 10.6 Å². The van der Waals surface area contributed by atoms with Crippen LogP contribution < -0.4 is 10.6 Å². The van der Waals surface area contributed by atoms with Gasteiger partial charge in [-0.25, -0.2) is 4.79 Å². The van der Waals surface area contributed by atoms with Crippen molar-refractivity contribution in [1.29, 1.82) is 0 Å². The summed E-state index contributed by atoms with van der Waals surface area (Å²) in [4.78, 5) is 40.2. The molecule has 6 heteroatoms. The van der Waals surface area contributed by atoms with E-state index in [1.54, 1.807) is 24.3 Å². The van der Waals surface area contributed by atoms with Gasteiger partial charge in [-0.2, -0.15) is 0 Å². The molecule has 1 unspecified atom stereocenters. The highest BCUT2D eigenvalue weighted by atomic mass is 16.2. The van der Waals surface area contributed by atoms with Crippen molar-refractivity contribution >= 4 is 23.5 Å². The third-order valence-electron chi connectivity index (χ3n) is 6.49. The summed E-state index contributed by atoms with van der Waals surface area (Å²) in [5.74, 6) is -0.412. The highest BCUT2D eigenvalue weighted by Crippen LogP contribution is 2.39. The average molecular weight is 440 g/mol. The van der Waals surface area contributed by atoms with Crippen LogP contribution in [0.25, 0.3) is 0 Å². The molecule has 1 heterocycles. The summed E-state index contributed by atoms with van der Waals surface area (Å²) in [5.41, 5.74) is 3.07. The van der Waals surface area contributed by atoms with Crippen LogP contribution in [-0.4, -0.2) is 22.7 Å². The Morgan fingerprint density at radius 1 is 0.909 bits per heavy atom. The summed E-state index contributed by atoms with van der Waals surface area (Å²) in [7, 11) is 0. The van der Waals surface area contributed by atoms with Crippen LogP contribution in [0.4, 0.5) is 10.5 Å². The zero-order valence-corrected chi connectivity index (χ0v) is 18.2. The monoisotopic (exact) mass is 439 g/mol. The number of anilines is 1. The van der Waals surface area contributed by atoms with Gasteiger partial charge in [0.25, 0.3) is 11.8 Å². The van der Waals surface area contributed by atoms with Crippen molar-refractivity contribution in [3.63, 3.8) is 0 Å². The Hall–Kier alpha value is -3.93. The molecule has 1 aliphatic carbocycles. The molecule has 2 aliphatic rings. The van der Waals surface area contributed by atoms with Crippen molar-refractivity contribution in [1.82, 2.24) is 10.2 Å². The molecule has 2 N–H and O–H groups in total. The predicted octanol–water partition coefficient (Wildman–Crippen LogP) is 4.61. The minimum Gasteiger partial charge on any atom is -0.322 e. The number of hydrogen-bond acceptors (Lipinski definition) is 3. The summed E-state index contributed by atoms with van der Waals surface area (Å²) in [5, 5.41) is 5.87. The highest BCUT2D eigenvalue weighted by molar-refractivity contribution is 6.07. The number of fused-ring (bicyclic) bond motifs is 2. The molecule has 0 saturated carbocycles. The Labute approximate surface area is 192 Å². The van der Waals surface area contributed by atoms with Crippen LogP contribution in [-0.2, 0) is 23.3 Å². The lowest BCUT2D eigenvalue weighted by Crippen LogP contribution is -2.44. The number of imide groups is 1. The van der Waals surface area contributed by atoms with Crippen LogP contribution in [0.3, 0.4) is 0 Å². The molecule has 5 rings (SSSR count). The first kappa shape index (κ1) is 20.9. The fourth-order valence-electron chi connectivity index (χ4n) is 4.79. The predicted molar refractivity (Wildman–Crippen MR) is 126 cm³/mol. The van der Waals surface area contributed by atoms with Gasteiger partial charge < -0.3 is 10.6 Å². The maximum Gasteiger partial charge on any atom is 0.325 e. The van der Waals surface area contributed by atoms with Crippen LogP contribution in [0.5, 0.6) is 0 Å². The molecule has 0 radical (unpaired) electrons. The van der Waals surface area contributed by atoms with E-state index in [9.17, 15) is 14.4 Å². The second-order valence-corrected chi connectivity index (χ2v) is 8.61. The smallest absolute Gasteiger partial charge is 0.322 e. The molecule has 1 fully saturated rings. The fraction of sp³-hybridized carbons (Fsp3) is 0.222. The minimum absolute atomic E-state index is 0.162. The third kappa shape index (κ3) is 3.89. The Balaban J connectivity index is 1.33. The summed E-state index contributed by atoms with van der Waals surface area (Å²) >= 11 is 0. The van der Waals surface area contributed by atoms with Gasteiger partial charge in [-0.1, -0.05) is 54.6 Å². The number of benzene rings is 3. The number of para-hydroxylation sites is 1. The molecule has 166 valence electrons. The van der Waals surface area contributed by atoms with E-state index in [0.717, 1.165) is 41.6 Å². The number of carbonyl (C=O) groups excluding carboxylic acids is 3. The molecule has 3 aromatic carbocycles. The van der Waals surface area contributed by atoms with Crippen molar-refractivity contribution in [3.05, 3.63) is 101 Å². The molecule has 0 aromatic heterocycles. The molecular formula is C27H25N3O3. The minimum atomic E-state index is -0.986. The van der Waals surface area contributed by atoms with Crippen molar-refractivity contribution in [2.45, 2.75) is 37.8 Å². The first-order valence-corrected chi connectivity index (χ1v) is 11.2. The van der Waals surface area contributed by atoms with Crippen molar-refractivity contribution < 1.29 is 14.4 Å². The van der Waals surface area contributed by atoms with Crippen LogP contribution >= 0.6 is 0 Å². The number of nitrogens with zero attached hydrogens (tertiary/aromatic N) is 1. The standard InChI is InChI=1S/C27H25N3O3/c31-24(28-22-10-2-1-3-11-22)21-15-13-19(14-16-21)18-30-25(32)27(29-26(30)33)17-7-6-9-20-8-4-5-12-23(20)27/h1-5,8,10-16H,6-7,9,17-18H2,(H,28,31)(H,29,33). The molecule has 1 spiro atoms. The molecule has 1 aliphatic heterocycles. The molecule has 4 amide bonds. The lowest BCUT2D eigenvalue weighted by molar-refractivity contribution is -0.132. The average Bonchev–Trinajstić information content (AvgIpc) is 2.97. The maximum atomic E-state index is 13.6. The quantitative estimate of drug-likeness (QED) is 0.583. The van der Waals surface area contributed by atoms with E-state index in [0.29, 0.717) is 12.0 Å². The molecule has 0 bridgehead atoms. The van der Waals surface area contributed by atoms with Crippen LogP contribution in [0.15, 0.2) is 78.9 Å². The first-order chi connectivity index (χ1) is 16.1. The van der Waals surface area contributed by atoms with Crippen LogP contribution in [0.1, 0.15) is 46.3 Å². The van der Waals surface area contributed by atoms with E-state index >= 15 is 0 Å². The highest BCUT2D eigenvalue weighted by Gasteiger charge is 2.53. The summed E-state index contributed by atoms with van der Waals surface area (Å²) in [6.07, 6.45) is 3.38. The van der Waals surface area contributed by atoms with E-state index in [1.807, 2.05) is 54.6 Å². The van der Waals surface area contributed by atoms with Crippen LogP contribution in [0, 0.1) is 0 Å². The van der Waals surface area contributed by atoms with Crippen molar-refractivity contribution in [2.75, 3.05) is 5.32 Å². The topological polar surface area (TPSA) is 78.5 Å². The first-order valence-electron chi connectivity index (χ1n) is 11.2. The molecule has 1 saturated heterocycles. The molecule has 6 nitrogen and oxygen atoms in total. The Bertz CT molecular complexity index is 1210. The summed E-state index contributed by atoms with van der Waals surface area (Å²) < 4.78 is 0. The van der Waals surface area contributed by atoms with E-state index in [1.165, 1.54) is 4.90 Å². The number of hydrogen-bond donors (Lipinski definition) is 2. The van der Waals surface area contributed by atoms with Crippen molar-refractivity contribution in [3.8, 4) is 0 Å². The Morgan fingerprint density at radius 2 is 1.64 bits per heavy atom. The van der Waals surface area contributed by atoms with Gasteiger partial charge in [0.05, 0.1) is 6.54 Å². The number of urea groups is 1. The van der Waals surface area contributed by atoms with E-state index in [4.69, 9.17) is 0 Å². The van der Waals surface area contributed by atoms with Crippen molar-refractivity contribution in [2.24, 2.45) is 0 Å². The van der Waals surface area contributed by atoms with Gasteiger partial charge in [-0.15, -0.1) is 0 Å². The molecule has 3 aromatic rings. The maximum absolute atomic E-state index is 13.6. The number of aryl methyl sites for hydroxylation is 1. The normalized spacial score (nSPS) is 19.7. The van der Waals surface area contributed by atoms with Gasteiger partial charge in [0, 0.05) is 11.3 Å². The molecular weight excluding hydrogens is 414 g/mol. The van der Waals surface area contributed by atoms with Crippen LogP contribution in [0.2, 0.25) is 0 Å². The van der Waals surface area contributed by atoms with E-state index < -0.39 is 5.54 Å². The Morgan fingerprint density at radius 3 is 2.42 bits per heavy atom. The second kappa shape index (κ2) is 8.54. The van der Waals surface area contributed by atoms with Gasteiger partial charge >= 0.3 is 6.03 Å². The molecule has 1 atom stereocenters. The van der Waals surface area contributed by atoms with Gasteiger partial charge in [-0.3, -0.25) is 14.5 Å². The van der Waals surface area contributed by atoms with Gasteiger partial charge in [0.2, 0.25) is 0 Å². The zero-order chi connectivity index (χ0) is 22.8. The SMILES string of the molecule is O=C(Nc1ccccc1)c1ccc(CN2C(=O)NC3(CCCCc4ccccc43)C2=O)cc1. The van der Waals surface area contributed by atoms with Gasteiger partial charge in [-0.05, 0) is 66.6 Å². The number of amides is 4. The molecule has 33 heavy (non-hydrogen) atoms. The number of carbonyl (C=O) groups is 3. The van der Waals surface area contributed by atoms with Gasteiger partial charge in [0.15, 0.2) is 0 Å². The Kier molecular flexibility index (Phi) is 5.42. The number of rotatable bonds is 4. The number of nitrogens with one attached hydrogen (secondary N) is 2. The fourth-order valence-corrected chi connectivity index (χ4v) is 4.79. The second-order valence-electron chi connectivity index (χ2n) is 8.61. The largest absolute Gasteiger partial charge is 0.325 e. The van der Waals surface area contributed by atoms with Gasteiger partial charge in [0.1, 0.15) is 5.54 Å². The lowest BCUT2D eigenvalue weighted by Gasteiger charge is -2.27. The third-order valence-corrected chi connectivity index (χ3v) is 6.49. The zero-order valence-electron chi connectivity index (χ0n) is 18.2.